The fourth-order valence-electron chi connectivity index (χ4n) is 1.80. The van der Waals surface area contributed by atoms with Crippen LogP contribution in [0.4, 0.5) is 0 Å². The first-order valence-electron chi connectivity index (χ1n) is 6.50. The molecule has 0 aliphatic carbocycles. The summed E-state index contributed by atoms with van der Waals surface area (Å²) in [6, 6.07) is 7.87. The minimum absolute atomic E-state index is 0.207. The van der Waals surface area contributed by atoms with Gasteiger partial charge in [0.25, 0.3) is 0 Å². The van der Waals surface area contributed by atoms with Gasteiger partial charge in [-0.25, -0.2) is 9.78 Å². The zero-order valence-electron chi connectivity index (χ0n) is 11.8. The predicted molar refractivity (Wildman–Crippen MR) is 79.1 cm³/mol. The standard InChI is InChI=1S/C15H17NO3S/c1-4-12-13(15(17)18-5-2)19-14(16-12)10-6-8-11(20-3)9-7-10/h6-9H,4-5H2,1-3H3. The van der Waals surface area contributed by atoms with E-state index in [2.05, 4.69) is 4.98 Å². The summed E-state index contributed by atoms with van der Waals surface area (Å²) in [5, 5.41) is 0. The Labute approximate surface area is 122 Å². The molecular weight excluding hydrogens is 274 g/mol. The normalized spacial score (nSPS) is 10.6. The summed E-state index contributed by atoms with van der Waals surface area (Å²) in [6.07, 6.45) is 2.65. The van der Waals surface area contributed by atoms with Crippen molar-refractivity contribution in [1.29, 1.82) is 0 Å². The predicted octanol–water partition coefficient (Wildman–Crippen LogP) is 3.80. The summed E-state index contributed by atoms with van der Waals surface area (Å²) in [6.45, 7) is 4.02. The Bertz CT molecular complexity index is 590. The lowest BCUT2D eigenvalue weighted by molar-refractivity contribution is 0.0489. The maximum absolute atomic E-state index is 11.8. The number of nitrogens with zero attached hydrogens (tertiary/aromatic N) is 1. The Kier molecular flexibility index (Phi) is 4.84. The Morgan fingerprint density at radius 3 is 2.55 bits per heavy atom. The Hall–Kier alpha value is -1.75. The molecule has 0 bridgehead atoms. The second kappa shape index (κ2) is 6.61. The number of hydrogen-bond acceptors (Lipinski definition) is 5. The van der Waals surface area contributed by atoms with Crippen LogP contribution in [0.25, 0.3) is 11.5 Å². The van der Waals surface area contributed by atoms with Crippen molar-refractivity contribution in [3.63, 3.8) is 0 Å². The zero-order chi connectivity index (χ0) is 14.5. The molecule has 0 radical (unpaired) electrons. The van der Waals surface area contributed by atoms with Crippen LogP contribution < -0.4 is 0 Å². The quantitative estimate of drug-likeness (QED) is 0.619. The van der Waals surface area contributed by atoms with Gasteiger partial charge in [-0.2, -0.15) is 0 Å². The van der Waals surface area contributed by atoms with Gasteiger partial charge in [0.1, 0.15) is 0 Å². The van der Waals surface area contributed by atoms with E-state index in [9.17, 15) is 4.79 Å². The number of thioether (sulfide) groups is 1. The number of aromatic nitrogens is 1. The molecule has 5 heteroatoms. The fourth-order valence-corrected chi connectivity index (χ4v) is 2.21. The van der Waals surface area contributed by atoms with E-state index in [-0.39, 0.29) is 5.76 Å². The molecule has 0 saturated carbocycles. The molecule has 0 aliphatic rings. The van der Waals surface area contributed by atoms with Crippen LogP contribution in [0.5, 0.6) is 0 Å². The first-order valence-corrected chi connectivity index (χ1v) is 7.73. The number of esters is 1. The van der Waals surface area contributed by atoms with Crippen molar-refractivity contribution in [3.8, 4) is 11.5 Å². The highest BCUT2D eigenvalue weighted by molar-refractivity contribution is 7.98. The third-order valence-electron chi connectivity index (χ3n) is 2.83. The van der Waals surface area contributed by atoms with Gasteiger partial charge in [-0.1, -0.05) is 6.92 Å². The van der Waals surface area contributed by atoms with Gasteiger partial charge >= 0.3 is 5.97 Å². The number of oxazole rings is 1. The summed E-state index contributed by atoms with van der Waals surface area (Å²) >= 11 is 1.67. The second-order valence-electron chi connectivity index (χ2n) is 4.10. The molecule has 4 nitrogen and oxygen atoms in total. The van der Waals surface area contributed by atoms with E-state index in [1.807, 2.05) is 37.4 Å². The van der Waals surface area contributed by atoms with Crippen molar-refractivity contribution in [2.24, 2.45) is 0 Å². The summed E-state index contributed by atoms with van der Waals surface area (Å²) in [7, 11) is 0. The van der Waals surface area contributed by atoms with Crippen molar-refractivity contribution in [1.82, 2.24) is 4.98 Å². The van der Waals surface area contributed by atoms with E-state index in [0.717, 1.165) is 5.56 Å². The SMILES string of the molecule is CCOC(=O)c1oc(-c2ccc(SC)cc2)nc1CC. The Balaban J connectivity index is 2.34. The summed E-state index contributed by atoms with van der Waals surface area (Å²) in [5.41, 5.74) is 1.49. The maximum atomic E-state index is 11.8. The van der Waals surface area contributed by atoms with Crippen LogP contribution in [0, 0.1) is 0 Å². The van der Waals surface area contributed by atoms with E-state index in [1.165, 1.54) is 4.90 Å². The molecule has 0 spiro atoms. The van der Waals surface area contributed by atoms with E-state index >= 15 is 0 Å². The Morgan fingerprint density at radius 2 is 2.00 bits per heavy atom. The van der Waals surface area contributed by atoms with Crippen molar-refractivity contribution >= 4 is 17.7 Å². The number of rotatable bonds is 5. The van der Waals surface area contributed by atoms with Crippen LogP contribution in [-0.2, 0) is 11.2 Å². The number of benzene rings is 1. The van der Waals surface area contributed by atoms with Gasteiger partial charge in [-0.15, -0.1) is 11.8 Å². The van der Waals surface area contributed by atoms with Crippen molar-refractivity contribution in [2.45, 2.75) is 25.2 Å². The molecule has 2 rings (SSSR count). The number of carbonyl (C=O) groups is 1. The number of ether oxygens (including phenoxy) is 1. The van der Waals surface area contributed by atoms with Gasteiger partial charge in [0.2, 0.25) is 11.7 Å². The molecule has 106 valence electrons. The molecule has 0 N–H and O–H groups in total. The zero-order valence-corrected chi connectivity index (χ0v) is 12.6. The van der Waals surface area contributed by atoms with Crippen molar-refractivity contribution < 1.29 is 13.9 Å². The van der Waals surface area contributed by atoms with Gasteiger partial charge in [0, 0.05) is 10.5 Å². The van der Waals surface area contributed by atoms with Gasteiger partial charge in [0.05, 0.1) is 12.3 Å². The summed E-state index contributed by atoms with van der Waals surface area (Å²) in [4.78, 5) is 17.4. The van der Waals surface area contributed by atoms with Crippen LogP contribution >= 0.6 is 11.8 Å². The highest BCUT2D eigenvalue weighted by atomic mass is 32.2. The molecule has 0 saturated heterocycles. The van der Waals surface area contributed by atoms with E-state index in [1.54, 1.807) is 18.7 Å². The number of carbonyl (C=O) groups excluding carboxylic acids is 1. The van der Waals surface area contributed by atoms with Crippen molar-refractivity contribution in [2.75, 3.05) is 12.9 Å². The first-order chi connectivity index (χ1) is 9.69. The highest BCUT2D eigenvalue weighted by Crippen LogP contribution is 2.25. The third kappa shape index (κ3) is 3.04. The molecule has 0 atom stereocenters. The molecule has 20 heavy (non-hydrogen) atoms. The third-order valence-corrected chi connectivity index (χ3v) is 3.57. The van der Waals surface area contributed by atoms with E-state index in [0.29, 0.717) is 24.6 Å². The lowest BCUT2D eigenvalue weighted by Crippen LogP contribution is -2.05. The second-order valence-corrected chi connectivity index (χ2v) is 4.98. The summed E-state index contributed by atoms with van der Waals surface area (Å²) < 4.78 is 10.6. The average molecular weight is 291 g/mol. The number of aryl methyl sites for hydroxylation is 1. The molecule has 0 unspecified atom stereocenters. The average Bonchev–Trinajstić information content (AvgIpc) is 2.92. The number of hydrogen-bond donors (Lipinski definition) is 0. The molecule has 0 aliphatic heterocycles. The van der Waals surface area contributed by atoms with E-state index in [4.69, 9.17) is 9.15 Å². The fraction of sp³-hybridized carbons (Fsp3) is 0.333. The maximum Gasteiger partial charge on any atom is 0.376 e. The van der Waals surface area contributed by atoms with Crippen LogP contribution in [0.15, 0.2) is 33.6 Å². The van der Waals surface area contributed by atoms with Gasteiger partial charge in [-0.05, 0) is 43.9 Å². The smallest absolute Gasteiger partial charge is 0.376 e. The highest BCUT2D eigenvalue weighted by Gasteiger charge is 2.20. The minimum atomic E-state index is -0.455. The topological polar surface area (TPSA) is 52.3 Å². The van der Waals surface area contributed by atoms with Crippen LogP contribution in [0.3, 0.4) is 0 Å². The molecule has 1 aromatic carbocycles. The van der Waals surface area contributed by atoms with Crippen LogP contribution in [-0.4, -0.2) is 23.8 Å². The van der Waals surface area contributed by atoms with Gasteiger partial charge < -0.3 is 9.15 Å². The summed E-state index contributed by atoms with van der Waals surface area (Å²) in [5.74, 6) is 0.208. The largest absolute Gasteiger partial charge is 0.460 e. The molecule has 2 aromatic rings. The lowest BCUT2D eigenvalue weighted by Gasteiger charge is -1.99. The molecule has 0 amide bonds. The van der Waals surface area contributed by atoms with Crippen LogP contribution in [0.2, 0.25) is 0 Å². The lowest BCUT2D eigenvalue weighted by atomic mass is 10.2. The monoisotopic (exact) mass is 291 g/mol. The van der Waals surface area contributed by atoms with E-state index < -0.39 is 5.97 Å². The molecule has 0 fully saturated rings. The molecule has 1 heterocycles. The van der Waals surface area contributed by atoms with Gasteiger partial charge in [-0.3, -0.25) is 0 Å². The first kappa shape index (κ1) is 14.7. The molecule has 1 aromatic heterocycles. The Morgan fingerprint density at radius 1 is 1.30 bits per heavy atom. The molecular formula is C15H17NO3S. The van der Waals surface area contributed by atoms with Crippen molar-refractivity contribution in [3.05, 3.63) is 35.7 Å². The van der Waals surface area contributed by atoms with Crippen LogP contribution in [0.1, 0.15) is 30.1 Å². The minimum Gasteiger partial charge on any atom is -0.460 e. The van der Waals surface area contributed by atoms with Gasteiger partial charge in [0.15, 0.2) is 0 Å².